The van der Waals surface area contributed by atoms with Crippen molar-refractivity contribution in [2.75, 3.05) is 7.11 Å². The number of halogens is 3. The van der Waals surface area contributed by atoms with Gasteiger partial charge in [-0.1, -0.05) is 12.1 Å². The van der Waals surface area contributed by atoms with Crippen LogP contribution < -0.4 is 0 Å². The Kier molecular flexibility index (Phi) is 3.53. The van der Waals surface area contributed by atoms with Gasteiger partial charge in [0.15, 0.2) is 0 Å². The summed E-state index contributed by atoms with van der Waals surface area (Å²) in [6, 6.07) is 6.91. The monoisotopic (exact) mass is 296 g/mol. The van der Waals surface area contributed by atoms with Gasteiger partial charge in [0, 0.05) is 24.7 Å². The van der Waals surface area contributed by atoms with Crippen LogP contribution in [0.5, 0.6) is 0 Å². The van der Waals surface area contributed by atoms with Gasteiger partial charge in [0.25, 0.3) is 0 Å². The van der Waals surface area contributed by atoms with Crippen LogP contribution in [0, 0.1) is 0 Å². The molecule has 1 aromatic carbocycles. The molecule has 0 spiro atoms. The Morgan fingerprint density at radius 3 is 2.52 bits per heavy atom. The Bertz CT molecular complexity index is 626. The predicted octanol–water partition coefficient (Wildman–Crippen LogP) is 4.99. The predicted molar refractivity (Wildman–Crippen MR) is 71.8 cm³/mol. The lowest BCUT2D eigenvalue weighted by Crippen LogP contribution is -2.08. The van der Waals surface area contributed by atoms with Crippen molar-refractivity contribution in [3.63, 3.8) is 0 Å². The molecule has 0 saturated heterocycles. The van der Waals surface area contributed by atoms with Gasteiger partial charge in [0.2, 0.25) is 0 Å². The first-order valence-corrected chi connectivity index (χ1v) is 6.82. The zero-order chi connectivity index (χ0) is 15.0. The lowest BCUT2D eigenvalue weighted by molar-refractivity contribution is -0.137. The molecule has 2 nitrogen and oxygen atoms in total. The van der Waals surface area contributed by atoms with Crippen molar-refractivity contribution in [3.8, 4) is 11.3 Å². The summed E-state index contributed by atoms with van der Waals surface area (Å²) in [5, 5.41) is 0. The van der Waals surface area contributed by atoms with E-state index in [1.54, 1.807) is 7.11 Å². The molecule has 0 radical (unpaired) electrons. The molecule has 112 valence electrons. The number of hydrogen-bond acceptors (Lipinski definition) is 2. The third kappa shape index (κ3) is 2.70. The van der Waals surface area contributed by atoms with Gasteiger partial charge in [-0.25, -0.2) is 0 Å². The number of ether oxygens (including phenoxy) is 1. The lowest BCUT2D eigenvalue weighted by atomic mass is 9.95. The van der Waals surface area contributed by atoms with Crippen molar-refractivity contribution in [2.45, 2.75) is 31.5 Å². The van der Waals surface area contributed by atoms with Crippen molar-refractivity contribution in [3.05, 3.63) is 47.2 Å². The maximum Gasteiger partial charge on any atom is 0.416 e. The first-order chi connectivity index (χ1) is 9.99. The molecule has 1 aliphatic rings. The molecule has 1 atom stereocenters. The molecule has 21 heavy (non-hydrogen) atoms. The Hall–Kier alpha value is -1.75. The Morgan fingerprint density at radius 1 is 1.19 bits per heavy atom. The van der Waals surface area contributed by atoms with Crippen molar-refractivity contribution < 1.29 is 22.3 Å². The van der Waals surface area contributed by atoms with E-state index in [9.17, 15) is 13.2 Å². The SMILES string of the molecule is COC1CCCc2oc(-c3ccc(C(F)(F)F)cc3)cc21. The van der Waals surface area contributed by atoms with Gasteiger partial charge in [0.1, 0.15) is 11.5 Å². The second kappa shape index (κ2) is 5.22. The van der Waals surface area contributed by atoms with Gasteiger partial charge in [0.05, 0.1) is 11.7 Å². The van der Waals surface area contributed by atoms with E-state index in [0.717, 1.165) is 42.7 Å². The number of hydrogen-bond donors (Lipinski definition) is 0. The zero-order valence-corrected chi connectivity index (χ0v) is 11.5. The molecule has 1 aliphatic carbocycles. The zero-order valence-electron chi connectivity index (χ0n) is 11.5. The molecular formula is C16H15F3O2. The number of aryl methyl sites for hydroxylation is 1. The fraction of sp³-hybridized carbons (Fsp3) is 0.375. The van der Waals surface area contributed by atoms with Crippen molar-refractivity contribution in [2.24, 2.45) is 0 Å². The summed E-state index contributed by atoms with van der Waals surface area (Å²) in [5.74, 6) is 1.47. The molecule has 0 N–H and O–H groups in total. The van der Waals surface area contributed by atoms with Gasteiger partial charge in [-0.3, -0.25) is 0 Å². The van der Waals surface area contributed by atoms with E-state index >= 15 is 0 Å². The minimum Gasteiger partial charge on any atom is -0.461 e. The molecular weight excluding hydrogens is 281 g/mol. The topological polar surface area (TPSA) is 22.4 Å². The highest BCUT2D eigenvalue weighted by atomic mass is 19.4. The first-order valence-electron chi connectivity index (χ1n) is 6.82. The number of benzene rings is 1. The summed E-state index contributed by atoms with van der Waals surface area (Å²) >= 11 is 0. The molecule has 1 heterocycles. The highest BCUT2D eigenvalue weighted by Crippen LogP contribution is 2.38. The first kappa shape index (κ1) is 14.2. The third-order valence-corrected chi connectivity index (χ3v) is 3.84. The summed E-state index contributed by atoms with van der Waals surface area (Å²) < 4.78 is 48.9. The minimum absolute atomic E-state index is 0.0145. The second-order valence-electron chi connectivity index (χ2n) is 5.18. The molecule has 0 fully saturated rings. The molecule has 2 aromatic rings. The summed E-state index contributed by atoms with van der Waals surface area (Å²) in [5.41, 5.74) is 1.00. The van der Waals surface area contributed by atoms with Crippen LogP contribution in [-0.2, 0) is 17.3 Å². The average Bonchev–Trinajstić information content (AvgIpc) is 2.90. The van der Waals surface area contributed by atoms with Crippen LogP contribution in [0.1, 0.15) is 35.8 Å². The van der Waals surface area contributed by atoms with Gasteiger partial charge in [-0.05, 0) is 31.0 Å². The normalized spacial score (nSPS) is 18.6. The molecule has 0 bridgehead atoms. The van der Waals surface area contributed by atoms with Crippen LogP contribution >= 0.6 is 0 Å². The van der Waals surface area contributed by atoms with Crippen molar-refractivity contribution >= 4 is 0 Å². The Balaban J connectivity index is 1.93. The fourth-order valence-electron chi connectivity index (χ4n) is 2.72. The van der Waals surface area contributed by atoms with E-state index in [1.807, 2.05) is 6.07 Å². The number of methoxy groups -OCH3 is 1. The van der Waals surface area contributed by atoms with Crippen LogP contribution in [0.3, 0.4) is 0 Å². The van der Waals surface area contributed by atoms with E-state index in [4.69, 9.17) is 9.15 Å². The van der Waals surface area contributed by atoms with E-state index < -0.39 is 11.7 Å². The molecule has 0 saturated carbocycles. The summed E-state index contributed by atoms with van der Waals surface area (Å²) in [7, 11) is 1.66. The fourth-order valence-corrected chi connectivity index (χ4v) is 2.72. The van der Waals surface area contributed by atoms with E-state index in [-0.39, 0.29) is 6.10 Å². The number of alkyl halides is 3. The third-order valence-electron chi connectivity index (χ3n) is 3.84. The van der Waals surface area contributed by atoms with Gasteiger partial charge >= 0.3 is 6.18 Å². The maximum atomic E-state index is 12.6. The highest BCUT2D eigenvalue weighted by molar-refractivity contribution is 5.60. The molecule has 0 aliphatic heterocycles. The summed E-state index contributed by atoms with van der Waals surface area (Å²) in [6.45, 7) is 0. The molecule has 5 heteroatoms. The highest BCUT2D eigenvalue weighted by Gasteiger charge is 2.30. The van der Waals surface area contributed by atoms with Gasteiger partial charge in [-0.15, -0.1) is 0 Å². The second-order valence-corrected chi connectivity index (χ2v) is 5.18. The molecule has 0 amide bonds. The van der Waals surface area contributed by atoms with E-state index in [2.05, 4.69) is 0 Å². The lowest BCUT2D eigenvalue weighted by Gasteiger charge is -2.19. The Labute approximate surface area is 120 Å². The van der Waals surface area contributed by atoms with Crippen LogP contribution in [0.2, 0.25) is 0 Å². The standard InChI is InChI=1S/C16H15F3O2/c1-20-13-3-2-4-14-12(13)9-15(21-14)10-5-7-11(8-6-10)16(17,18)19/h5-9,13H,2-4H2,1H3. The van der Waals surface area contributed by atoms with Gasteiger partial charge < -0.3 is 9.15 Å². The summed E-state index contributed by atoms with van der Waals surface area (Å²) in [4.78, 5) is 0. The smallest absolute Gasteiger partial charge is 0.416 e. The van der Waals surface area contributed by atoms with Crippen LogP contribution in [-0.4, -0.2) is 7.11 Å². The van der Waals surface area contributed by atoms with Crippen LogP contribution in [0.15, 0.2) is 34.7 Å². The van der Waals surface area contributed by atoms with Crippen molar-refractivity contribution in [1.82, 2.24) is 0 Å². The quantitative estimate of drug-likeness (QED) is 0.779. The Morgan fingerprint density at radius 2 is 1.90 bits per heavy atom. The van der Waals surface area contributed by atoms with Gasteiger partial charge in [-0.2, -0.15) is 13.2 Å². The molecule has 1 aromatic heterocycles. The maximum absolute atomic E-state index is 12.6. The number of rotatable bonds is 2. The molecule has 3 rings (SSSR count). The van der Waals surface area contributed by atoms with Crippen LogP contribution in [0.4, 0.5) is 13.2 Å². The van der Waals surface area contributed by atoms with Crippen molar-refractivity contribution in [1.29, 1.82) is 0 Å². The number of fused-ring (bicyclic) bond motifs is 1. The van der Waals surface area contributed by atoms with Crippen LogP contribution in [0.25, 0.3) is 11.3 Å². The minimum atomic E-state index is -4.32. The largest absolute Gasteiger partial charge is 0.461 e. The summed E-state index contributed by atoms with van der Waals surface area (Å²) in [6.07, 6.45) is -1.53. The average molecular weight is 296 g/mol. The van der Waals surface area contributed by atoms with E-state index in [0.29, 0.717) is 11.3 Å². The van der Waals surface area contributed by atoms with E-state index in [1.165, 1.54) is 12.1 Å². The number of furan rings is 1. The molecule has 1 unspecified atom stereocenters.